The molecule has 12 heteroatoms. The standard InChI is InChI=1S/C19H36N2O8P2/c22-30(23,28-18-14-20-8-4-16(18)5-9-20)26-12-2-1-3-13-27-31(24,25)29-19-15-21-10-6-17(19)7-11-21/h16-19H,1-15H2,(H,22,23)(H,24,25). The Morgan fingerprint density at radius 2 is 1.06 bits per heavy atom. The molecule has 4 unspecified atom stereocenters. The van der Waals surface area contributed by atoms with Crippen molar-refractivity contribution >= 4 is 15.6 Å². The Morgan fingerprint density at radius 1 is 0.677 bits per heavy atom. The number of fused-ring (bicyclic) bond motifs is 6. The molecule has 0 amide bonds. The minimum atomic E-state index is -4.07. The molecule has 180 valence electrons. The van der Waals surface area contributed by atoms with Gasteiger partial charge in [-0.2, -0.15) is 0 Å². The molecule has 4 bridgehead atoms. The van der Waals surface area contributed by atoms with Crippen LogP contribution in [0.1, 0.15) is 44.9 Å². The number of unbranched alkanes of at least 4 members (excludes halogenated alkanes) is 2. The Labute approximate surface area is 184 Å². The molecule has 0 saturated carbocycles. The molecule has 6 fully saturated rings. The number of phosphoric acid groups is 2. The first-order valence-electron chi connectivity index (χ1n) is 11.6. The molecule has 6 aliphatic heterocycles. The van der Waals surface area contributed by atoms with Crippen molar-refractivity contribution in [3.8, 4) is 0 Å². The van der Waals surface area contributed by atoms with Crippen LogP contribution in [0.15, 0.2) is 0 Å². The largest absolute Gasteiger partial charge is 0.472 e. The second-order valence-corrected chi connectivity index (χ2v) is 12.0. The molecule has 6 aliphatic rings. The van der Waals surface area contributed by atoms with Crippen LogP contribution in [0.4, 0.5) is 0 Å². The lowest BCUT2D eigenvalue weighted by Gasteiger charge is -2.44. The van der Waals surface area contributed by atoms with Gasteiger partial charge in [0.1, 0.15) is 0 Å². The van der Waals surface area contributed by atoms with E-state index in [9.17, 15) is 18.9 Å². The first-order chi connectivity index (χ1) is 14.8. The molecule has 0 aliphatic carbocycles. The fourth-order valence-electron chi connectivity index (χ4n) is 5.20. The van der Waals surface area contributed by atoms with Crippen LogP contribution >= 0.6 is 15.6 Å². The molecule has 0 aromatic rings. The third-order valence-corrected chi connectivity index (χ3v) is 9.12. The molecule has 0 spiro atoms. The lowest BCUT2D eigenvalue weighted by molar-refractivity contribution is -0.0268. The molecule has 6 heterocycles. The van der Waals surface area contributed by atoms with Gasteiger partial charge in [0, 0.05) is 13.1 Å². The van der Waals surface area contributed by atoms with Crippen LogP contribution < -0.4 is 0 Å². The van der Waals surface area contributed by atoms with E-state index < -0.39 is 15.6 Å². The number of nitrogens with zero attached hydrogens (tertiary/aromatic N) is 2. The van der Waals surface area contributed by atoms with E-state index in [2.05, 4.69) is 9.80 Å². The summed E-state index contributed by atoms with van der Waals surface area (Å²) >= 11 is 0. The summed E-state index contributed by atoms with van der Waals surface area (Å²) in [5.41, 5.74) is 0. The zero-order valence-corrected chi connectivity index (χ0v) is 19.8. The summed E-state index contributed by atoms with van der Waals surface area (Å²) in [6.45, 7) is 5.73. The summed E-state index contributed by atoms with van der Waals surface area (Å²) in [6, 6.07) is 0. The highest BCUT2D eigenvalue weighted by molar-refractivity contribution is 7.47. The van der Waals surface area contributed by atoms with Crippen molar-refractivity contribution in [2.45, 2.75) is 57.2 Å². The predicted octanol–water partition coefficient (Wildman–Crippen LogP) is 2.61. The van der Waals surface area contributed by atoms with Crippen molar-refractivity contribution in [3.63, 3.8) is 0 Å². The van der Waals surface area contributed by atoms with E-state index in [1.165, 1.54) is 0 Å². The van der Waals surface area contributed by atoms with Crippen LogP contribution in [-0.2, 0) is 27.2 Å². The van der Waals surface area contributed by atoms with E-state index in [4.69, 9.17) is 18.1 Å². The molecule has 10 nitrogen and oxygen atoms in total. The maximum Gasteiger partial charge on any atom is 0.472 e. The van der Waals surface area contributed by atoms with Crippen molar-refractivity contribution < 1.29 is 37.0 Å². The van der Waals surface area contributed by atoms with Gasteiger partial charge in [-0.3, -0.25) is 18.1 Å². The van der Waals surface area contributed by atoms with Gasteiger partial charge in [0.15, 0.2) is 0 Å². The minimum absolute atomic E-state index is 0.0990. The first kappa shape index (κ1) is 24.3. The zero-order chi connectivity index (χ0) is 21.9. The molecule has 2 N–H and O–H groups in total. The van der Waals surface area contributed by atoms with Crippen molar-refractivity contribution in [3.05, 3.63) is 0 Å². The second kappa shape index (κ2) is 10.6. The summed E-state index contributed by atoms with van der Waals surface area (Å²) in [5, 5.41) is 0. The van der Waals surface area contributed by atoms with E-state index in [-0.39, 0.29) is 25.4 Å². The average Bonchev–Trinajstić information content (AvgIpc) is 2.74. The van der Waals surface area contributed by atoms with E-state index in [0.717, 1.165) is 51.9 Å². The monoisotopic (exact) mass is 482 g/mol. The van der Waals surface area contributed by atoms with Crippen molar-refractivity contribution in [2.75, 3.05) is 52.5 Å². The molecule has 6 rings (SSSR count). The minimum Gasteiger partial charge on any atom is -0.302 e. The van der Waals surface area contributed by atoms with Crippen LogP contribution in [0.2, 0.25) is 0 Å². The Hall–Kier alpha value is 0.140. The van der Waals surface area contributed by atoms with E-state index in [1.807, 2.05) is 0 Å². The molecule has 31 heavy (non-hydrogen) atoms. The van der Waals surface area contributed by atoms with Crippen LogP contribution in [0.3, 0.4) is 0 Å². The van der Waals surface area contributed by atoms with E-state index in [0.29, 0.717) is 44.2 Å². The van der Waals surface area contributed by atoms with Crippen molar-refractivity contribution in [1.82, 2.24) is 9.80 Å². The fraction of sp³-hybridized carbons (Fsp3) is 1.00. The molecule has 0 radical (unpaired) electrons. The number of phosphoric ester groups is 2. The van der Waals surface area contributed by atoms with Crippen LogP contribution in [0.25, 0.3) is 0 Å². The van der Waals surface area contributed by atoms with Gasteiger partial charge in [0.2, 0.25) is 0 Å². The summed E-state index contributed by atoms with van der Waals surface area (Å²) in [5.74, 6) is 0.673. The summed E-state index contributed by atoms with van der Waals surface area (Å²) < 4.78 is 45.4. The fourth-order valence-corrected chi connectivity index (χ4v) is 7.21. The lowest BCUT2D eigenvalue weighted by atomic mass is 9.86. The van der Waals surface area contributed by atoms with Gasteiger partial charge >= 0.3 is 15.6 Å². The Balaban J connectivity index is 1.06. The molecule has 4 atom stereocenters. The van der Waals surface area contributed by atoms with Gasteiger partial charge in [-0.15, -0.1) is 0 Å². The van der Waals surface area contributed by atoms with Crippen molar-refractivity contribution in [1.29, 1.82) is 0 Å². The van der Waals surface area contributed by atoms with E-state index >= 15 is 0 Å². The number of hydrogen-bond donors (Lipinski definition) is 2. The smallest absolute Gasteiger partial charge is 0.302 e. The first-order valence-corrected chi connectivity index (χ1v) is 14.5. The third kappa shape index (κ3) is 7.06. The van der Waals surface area contributed by atoms with Crippen LogP contribution in [-0.4, -0.2) is 84.3 Å². The van der Waals surface area contributed by atoms with Gasteiger partial charge in [0.25, 0.3) is 0 Å². The quantitative estimate of drug-likeness (QED) is 0.317. The third-order valence-electron chi connectivity index (χ3n) is 7.03. The summed E-state index contributed by atoms with van der Waals surface area (Å²) in [4.78, 5) is 24.5. The summed E-state index contributed by atoms with van der Waals surface area (Å²) in [7, 11) is -8.13. The Kier molecular flexibility index (Phi) is 8.30. The molecule has 0 aromatic carbocycles. The average molecular weight is 482 g/mol. The van der Waals surface area contributed by atoms with Crippen molar-refractivity contribution in [2.24, 2.45) is 11.8 Å². The molecule has 6 saturated heterocycles. The predicted molar refractivity (Wildman–Crippen MR) is 113 cm³/mol. The topological polar surface area (TPSA) is 118 Å². The van der Waals surface area contributed by atoms with Gasteiger partial charge in [0.05, 0.1) is 25.4 Å². The number of rotatable bonds is 12. The Bertz CT molecular complexity index is 626. The van der Waals surface area contributed by atoms with Crippen LogP contribution in [0.5, 0.6) is 0 Å². The van der Waals surface area contributed by atoms with Gasteiger partial charge in [-0.05, 0) is 83.0 Å². The molecular weight excluding hydrogens is 446 g/mol. The SMILES string of the molecule is O=P(O)(OCCCCCOP(=O)(O)OC1CN2CCC1CC2)OC1CN2CCC1CC2. The molecule has 0 aromatic heterocycles. The highest BCUT2D eigenvalue weighted by Gasteiger charge is 2.40. The normalized spacial score (nSPS) is 38.6. The summed E-state index contributed by atoms with van der Waals surface area (Å²) in [6.07, 6.45) is 5.25. The highest BCUT2D eigenvalue weighted by Crippen LogP contribution is 2.49. The van der Waals surface area contributed by atoms with E-state index in [1.54, 1.807) is 0 Å². The maximum absolute atomic E-state index is 12.2. The Morgan fingerprint density at radius 3 is 1.39 bits per heavy atom. The highest BCUT2D eigenvalue weighted by atomic mass is 31.2. The van der Waals surface area contributed by atoms with Crippen LogP contribution in [0, 0.1) is 11.8 Å². The van der Waals surface area contributed by atoms with Gasteiger partial charge in [-0.25, -0.2) is 9.13 Å². The van der Waals surface area contributed by atoms with Gasteiger partial charge in [-0.1, -0.05) is 0 Å². The second-order valence-electron chi connectivity index (χ2n) is 9.23. The number of hydrogen-bond acceptors (Lipinski definition) is 8. The lowest BCUT2D eigenvalue weighted by Crippen LogP contribution is -2.51. The van der Waals surface area contributed by atoms with Gasteiger partial charge < -0.3 is 19.6 Å². The molecular formula is C19H36N2O8P2. The zero-order valence-electron chi connectivity index (χ0n) is 18.0. The maximum atomic E-state index is 12.2. The number of piperidine rings is 6.